The van der Waals surface area contributed by atoms with E-state index in [1.165, 1.54) is 29.6 Å². The Balaban J connectivity index is 0.915. The van der Waals surface area contributed by atoms with Gasteiger partial charge in [0.15, 0.2) is 0 Å². The largest absolute Gasteiger partial charge is 0.455 e. The molecule has 1 spiro atoms. The molecule has 5 aromatic rings. The molecule has 2 saturated heterocycles. The van der Waals surface area contributed by atoms with Gasteiger partial charge in [0.25, 0.3) is 15.9 Å². The lowest BCUT2D eigenvalue weighted by Gasteiger charge is -2.57. The highest BCUT2D eigenvalue weighted by molar-refractivity contribution is 7.90. The average molecular weight is 932 g/mol. The van der Waals surface area contributed by atoms with E-state index in [-0.39, 0.29) is 40.3 Å². The van der Waals surface area contributed by atoms with Gasteiger partial charge in [-0.25, -0.2) is 23.1 Å². The van der Waals surface area contributed by atoms with Gasteiger partial charge in [0.05, 0.1) is 53.3 Å². The first-order chi connectivity index (χ1) is 32.1. The monoisotopic (exact) mass is 931 g/mol. The number of aromatic amines is 1. The van der Waals surface area contributed by atoms with E-state index in [2.05, 4.69) is 79.0 Å². The number of sulfonamides is 1. The van der Waals surface area contributed by atoms with Gasteiger partial charge in [0, 0.05) is 61.6 Å². The smallest absolute Gasteiger partial charge is 0.312 e. The number of carbonyl (C=O) groups excluding carboxylic acids is 1. The van der Waals surface area contributed by atoms with Crippen molar-refractivity contribution in [3.8, 4) is 17.6 Å². The van der Waals surface area contributed by atoms with Gasteiger partial charge in [-0.1, -0.05) is 38.1 Å². The van der Waals surface area contributed by atoms with Crippen LogP contribution in [0.25, 0.3) is 11.0 Å². The number of benzene rings is 2. The highest BCUT2D eigenvalue weighted by Crippen LogP contribution is 2.53. The molecule has 1 atom stereocenters. The van der Waals surface area contributed by atoms with Crippen LogP contribution in [0.1, 0.15) is 111 Å². The van der Waals surface area contributed by atoms with E-state index in [1.807, 2.05) is 0 Å². The lowest BCUT2D eigenvalue weighted by Crippen LogP contribution is -2.58. The molecule has 4 aliphatic rings. The van der Waals surface area contributed by atoms with Crippen molar-refractivity contribution in [2.45, 2.75) is 101 Å². The Labute approximate surface area is 390 Å². The van der Waals surface area contributed by atoms with Crippen molar-refractivity contribution in [3.63, 3.8) is 0 Å². The van der Waals surface area contributed by atoms with E-state index in [1.54, 1.807) is 25.1 Å². The van der Waals surface area contributed by atoms with Crippen LogP contribution in [-0.4, -0.2) is 95.2 Å². The van der Waals surface area contributed by atoms with Crippen molar-refractivity contribution < 1.29 is 32.7 Å². The van der Waals surface area contributed by atoms with E-state index in [9.17, 15) is 33.7 Å². The highest BCUT2D eigenvalue weighted by Gasteiger charge is 2.50. The summed E-state index contributed by atoms with van der Waals surface area (Å²) < 4.78 is 41.9. The molecular formula is C49H57N9O8S. The predicted octanol–water partition coefficient (Wildman–Crippen LogP) is 7.95. The maximum atomic E-state index is 14.0. The number of H-pyrrole nitrogens is 1. The van der Waals surface area contributed by atoms with Crippen molar-refractivity contribution >= 4 is 44.2 Å². The molecule has 2 aliphatic carbocycles. The third-order valence-corrected chi connectivity index (χ3v) is 15.8. The lowest BCUT2D eigenvalue weighted by molar-refractivity contribution is -0.384. The molecule has 0 radical (unpaired) electrons. The fourth-order valence-electron chi connectivity index (χ4n) is 10.6. The number of amides is 1. The number of pyridine rings is 2. The van der Waals surface area contributed by atoms with Crippen LogP contribution in [0.5, 0.6) is 11.5 Å². The molecule has 2 aromatic carbocycles. The molecule has 4 N–H and O–H groups in total. The van der Waals surface area contributed by atoms with Gasteiger partial charge < -0.3 is 29.8 Å². The third kappa shape index (κ3) is 9.69. The molecule has 0 bridgehead atoms. The minimum Gasteiger partial charge on any atom is -0.455 e. The zero-order valence-corrected chi connectivity index (χ0v) is 38.9. The third-order valence-electron chi connectivity index (χ3n) is 14.5. The molecule has 17 nitrogen and oxygen atoms in total. The van der Waals surface area contributed by atoms with Crippen LogP contribution in [0, 0.1) is 32.8 Å². The summed E-state index contributed by atoms with van der Waals surface area (Å²) in [5.74, 6) is -0.281. The Hall–Kier alpha value is -6.13. The highest BCUT2D eigenvalue weighted by atomic mass is 32.2. The summed E-state index contributed by atoms with van der Waals surface area (Å²) in [6.07, 6.45) is 10.8. The Morgan fingerprint density at radius 3 is 2.57 bits per heavy atom. The number of anilines is 2. The maximum Gasteiger partial charge on any atom is 0.312 e. The fourth-order valence-corrected chi connectivity index (χ4v) is 11.5. The number of hydrogen-bond donors (Lipinski definition) is 4. The van der Waals surface area contributed by atoms with Crippen LogP contribution >= 0.6 is 0 Å². The molecule has 67 heavy (non-hydrogen) atoms. The first-order valence-electron chi connectivity index (χ1n) is 23.2. The van der Waals surface area contributed by atoms with Gasteiger partial charge in [0.1, 0.15) is 28.1 Å². The second-order valence-corrected chi connectivity index (χ2v) is 21.1. The first-order valence-corrected chi connectivity index (χ1v) is 24.6. The molecule has 1 amide bonds. The van der Waals surface area contributed by atoms with E-state index in [4.69, 9.17) is 9.47 Å². The average Bonchev–Trinajstić information content (AvgIpc) is 3.72. The molecule has 352 valence electrons. The quantitative estimate of drug-likeness (QED) is 0.0649. The van der Waals surface area contributed by atoms with Gasteiger partial charge in [-0.05, 0) is 105 Å². The van der Waals surface area contributed by atoms with Crippen molar-refractivity contribution in [2.24, 2.45) is 11.3 Å². The molecule has 0 unspecified atom stereocenters. The number of aromatic nitrogens is 3. The van der Waals surface area contributed by atoms with Crippen LogP contribution in [0.4, 0.5) is 17.2 Å². The summed E-state index contributed by atoms with van der Waals surface area (Å²) in [6.45, 7) is 10.5. The number of fused-ring (bicyclic) bond motifs is 1. The SMILES string of the molecule is CC(C)c1ccccc1[C@H]1COCCN1C1CC2(CCN(c3ccc(C(=O)NS(=O)(=O)c4cnc(NCC5CCC(C)(O)CC5)c([N+](=O)[O-])c4)c(Oc4cnc5[nH]cc(C#N)c5c4)c3)CC2)C1. The number of piperidine rings is 1. The molecule has 18 heteroatoms. The summed E-state index contributed by atoms with van der Waals surface area (Å²) in [6, 6.07) is 19.1. The van der Waals surface area contributed by atoms with Crippen LogP contribution in [-0.2, 0) is 14.8 Å². The van der Waals surface area contributed by atoms with E-state index < -0.39 is 37.0 Å². The first kappa shape index (κ1) is 46.0. The second kappa shape index (κ2) is 18.5. The van der Waals surface area contributed by atoms with Crippen LogP contribution < -0.4 is 19.7 Å². The fraction of sp³-hybridized carbons (Fsp3) is 0.469. The number of rotatable bonds is 13. The summed E-state index contributed by atoms with van der Waals surface area (Å²) in [4.78, 5) is 41.2. The van der Waals surface area contributed by atoms with Gasteiger partial charge in [-0.15, -0.1) is 0 Å². The van der Waals surface area contributed by atoms with Crippen LogP contribution in [0.3, 0.4) is 0 Å². The van der Waals surface area contributed by atoms with Crippen molar-refractivity contribution in [3.05, 3.63) is 106 Å². The molecule has 9 rings (SSSR count). The number of ether oxygens (including phenoxy) is 2. The Bertz CT molecular complexity index is 2820. The molecule has 2 saturated carbocycles. The van der Waals surface area contributed by atoms with E-state index >= 15 is 0 Å². The number of nitrogens with zero attached hydrogens (tertiary/aromatic N) is 6. The zero-order valence-electron chi connectivity index (χ0n) is 38.0. The number of carbonyl (C=O) groups is 1. The molecule has 3 aromatic heterocycles. The Morgan fingerprint density at radius 1 is 1.07 bits per heavy atom. The lowest BCUT2D eigenvalue weighted by atomic mass is 9.59. The van der Waals surface area contributed by atoms with Crippen LogP contribution in [0.2, 0.25) is 0 Å². The summed E-state index contributed by atoms with van der Waals surface area (Å²) in [5.41, 5.74) is 3.16. The van der Waals surface area contributed by atoms with Crippen molar-refractivity contribution in [2.75, 3.05) is 49.6 Å². The van der Waals surface area contributed by atoms with Gasteiger partial charge in [0.2, 0.25) is 5.82 Å². The molecule has 2 aliphatic heterocycles. The number of nitro groups is 1. The number of aliphatic hydroxyl groups is 1. The maximum absolute atomic E-state index is 14.0. The standard InChI is InChI=1S/C49H57N9O8S/c1-31(2)38-6-4-5-7-39(38)43-30-65-19-18-57(43)35-23-49(24-35)14-16-56(17-15-49)34-8-9-40(44(20-34)66-36-21-41-33(25-50)27-52-45(41)53-28-36)47(59)55-67(63,64)37-22-42(58(61)62)46(54-29-37)51-26-32-10-12-48(3,60)13-11-32/h4-9,20-22,27-29,31-32,35,43,60H,10-19,23-24,26,30H2,1-3H3,(H,51,54)(H,52,53)(H,55,59)/t32?,43-,48?/m1/s1. The molecule has 5 heterocycles. The number of morpholine rings is 1. The van der Waals surface area contributed by atoms with Crippen molar-refractivity contribution in [1.82, 2.24) is 24.6 Å². The molecular weight excluding hydrogens is 875 g/mol. The van der Waals surface area contributed by atoms with E-state index in [0.29, 0.717) is 54.5 Å². The minimum absolute atomic E-state index is 0.0531. The van der Waals surface area contributed by atoms with Crippen molar-refractivity contribution in [1.29, 1.82) is 5.26 Å². The van der Waals surface area contributed by atoms with Gasteiger partial charge in [-0.2, -0.15) is 5.26 Å². The van der Waals surface area contributed by atoms with Crippen LogP contribution in [0.15, 0.2) is 78.1 Å². The van der Waals surface area contributed by atoms with Gasteiger partial charge in [-0.3, -0.25) is 19.8 Å². The van der Waals surface area contributed by atoms with E-state index in [0.717, 1.165) is 82.7 Å². The zero-order chi connectivity index (χ0) is 47.1. The Morgan fingerprint density at radius 2 is 1.84 bits per heavy atom. The predicted molar refractivity (Wildman–Crippen MR) is 252 cm³/mol. The second-order valence-electron chi connectivity index (χ2n) is 19.4. The summed E-state index contributed by atoms with van der Waals surface area (Å²) >= 11 is 0. The topological polar surface area (TPSA) is 229 Å². The van der Waals surface area contributed by atoms with Gasteiger partial charge >= 0.3 is 5.69 Å². The number of nitriles is 1. The summed E-state index contributed by atoms with van der Waals surface area (Å²) in [7, 11) is -4.68. The summed E-state index contributed by atoms with van der Waals surface area (Å²) in [5, 5.41) is 35.6. The normalized spacial score (nSPS) is 22.3. The minimum atomic E-state index is -4.68. The Kier molecular flexibility index (Phi) is 12.7. The molecule has 4 fully saturated rings. The number of nitrogens with one attached hydrogen (secondary N) is 3. The number of hydrogen-bond acceptors (Lipinski definition) is 14.